The van der Waals surface area contributed by atoms with Crippen LogP contribution in [-0.2, 0) is 6.42 Å². The largest absolute Gasteiger partial charge is 0.508 e. The minimum atomic E-state index is -0.0442. The summed E-state index contributed by atoms with van der Waals surface area (Å²) in [7, 11) is 0. The molecule has 1 aliphatic rings. The summed E-state index contributed by atoms with van der Waals surface area (Å²) in [5.41, 5.74) is 1.94. The quantitative estimate of drug-likeness (QED) is 0.798. The van der Waals surface area contributed by atoms with Gasteiger partial charge in [-0.25, -0.2) is 4.79 Å². The summed E-state index contributed by atoms with van der Waals surface area (Å²) in [4.78, 5) is 18.1. The van der Waals surface area contributed by atoms with Crippen LogP contribution in [0.5, 0.6) is 11.5 Å². The van der Waals surface area contributed by atoms with E-state index >= 15 is 0 Å². The number of hydrogen-bond acceptors (Lipinski definition) is 4. The minimum Gasteiger partial charge on any atom is -0.508 e. The highest BCUT2D eigenvalue weighted by atomic mass is 16.3. The molecule has 0 saturated carbocycles. The molecule has 0 radical (unpaired) electrons. The van der Waals surface area contributed by atoms with Gasteiger partial charge in [0.2, 0.25) is 0 Å². The first kappa shape index (κ1) is 17.1. The molecule has 6 heteroatoms. The SMILES string of the molecule is O=C(NCCc1cccnc1)N1CCC(c2ccc(O)cc2O)CC1. The number of carbonyl (C=O) groups is 1. The molecular weight excluding hydrogens is 318 g/mol. The Balaban J connectivity index is 1.46. The second kappa shape index (κ2) is 7.88. The number of urea groups is 1. The van der Waals surface area contributed by atoms with E-state index in [1.807, 2.05) is 23.2 Å². The number of benzene rings is 1. The zero-order valence-electron chi connectivity index (χ0n) is 14.1. The Morgan fingerprint density at radius 1 is 1.24 bits per heavy atom. The van der Waals surface area contributed by atoms with Crippen LogP contribution < -0.4 is 5.32 Å². The Hall–Kier alpha value is -2.76. The third-order valence-corrected chi connectivity index (χ3v) is 4.65. The van der Waals surface area contributed by atoms with Gasteiger partial charge in [-0.3, -0.25) is 4.98 Å². The lowest BCUT2D eigenvalue weighted by Gasteiger charge is -2.32. The van der Waals surface area contributed by atoms with E-state index in [0.717, 1.165) is 30.4 Å². The molecule has 1 saturated heterocycles. The standard InChI is InChI=1S/C19H23N3O3/c23-16-3-4-17(18(24)12-16)15-6-10-22(11-7-15)19(25)21-9-5-14-2-1-8-20-13-14/h1-4,8,12-13,15,23-24H,5-7,9-11H2,(H,21,25). The average molecular weight is 341 g/mol. The molecule has 3 rings (SSSR count). The molecule has 2 aromatic rings. The first-order valence-electron chi connectivity index (χ1n) is 8.57. The molecule has 132 valence electrons. The predicted octanol–water partition coefficient (Wildman–Crippen LogP) is 2.62. The van der Waals surface area contributed by atoms with Crippen molar-refractivity contribution < 1.29 is 15.0 Å². The van der Waals surface area contributed by atoms with Crippen LogP contribution in [0.25, 0.3) is 0 Å². The van der Waals surface area contributed by atoms with Gasteiger partial charge in [0.25, 0.3) is 0 Å². The van der Waals surface area contributed by atoms with Crippen LogP contribution >= 0.6 is 0 Å². The van der Waals surface area contributed by atoms with Gasteiger partial charge in [-0.15, -0.1) is 0 Å². The first-order chi connectivity index (χ1) is 12.1. The van der Waals surface area contributed by atoms with Gasteiger partial charge in [0.1, 0.15) is 11.5 Å². The maximum atomic E-state index is 12.3. The Kier molecular flexibility index (Phi) is 5.38. The van der Waals surface area contributed by atoms with Gasteiger partial charge in [-0.1, -0.05) is 12.1 Å². The molecule has 0 aliphatic carbocycles. The molecule has 0 spiro atoms. The van der Waals surface area contributed by atoms with E-state index < -0.39 is 0 Å². The van der Waals surface area contributed by atoms with E-state index in [-0.39, 0.29) is 23.4 Å². The van der Waals surface area contributed by atoms with Gasteiger partial charge in [-0.05, 0) is 48.4 Å². The summed E-state index contributed by atoms with van der Waals surface area (Å²) in [6, 6.07) is 8.56. The molecule has 25 heavy (non-hydrogen) atoms. The second-order valence-corrected chi connectivity index (χ2v) is 6.35. The van der Waals surface area contributed by atoms with Crippen molar-refractivity contribution in [1.82, 2.24) is 15.2 Å². The highest BCUT2D eigenvalue weighted by Gasteiger charge is 2.25. The molecule has 2 heterocycles. The number of amides is 2. The van der Waals surface area contributed by atoms with Gasteiger partial charge in [0, 0.05) is 38.1 Å². The van der Waals surface area contributed by atoms with E-state index in [1.54, 1.807) is 18.3 Å². The van der Waals surface area contributed by atoms with Crippen LogP contribution in [0.4, 0.5) is 4.79 Å². The number of pyridine rings is 1. The van der Waals surface area contributed by atoms with Crippen molar-refractivity contribution in [2.24, 2.45) is 0 Å². The minimum absolute atomic E-state index is 0.0442. The van der Waals surface area contributed by atoms with E-state index in [2.05, 4.69) is 10.3 Å². The van der Waals surface area contributed by atoms with Crippen LogP contribution in [0.1, 0.15) is 29.9 Å². The number of piperidine rings is 1. The molecular formula is C19H23N3O3. The number of nitrogens with zero attached hydrogens (tertiary/aromatic N) is 2. The first-order valence-corrected chi connectivity index (χ1v) is 8.57. The molecule has 1 aliphatic heterocycles. The second-order valence-electron chi connectivity index (χ2n) is 6.35. The van der Waals surface area contributed by atoms with Crippen molar-refractivity contribution in [3.63, 3.8) is 0 Å². The summed E-state index contributed by atoms with van der Waals surface area (Å²) in [6.07, 6.45) is 5.90. The van der Waals surface area contributed by atoms with Crippen molar-refractivity contribution in [2.45, 2.75) is 25.2 Å². The van der Waals surface area contributed by atoms with Crippen LogP contribution in [0.3, 0.4) is 0 Å². The number of aromatic hydroxyl groups is 2. The van der Waals surface area contributed by atoms with Gasteiger partial charge in [0.15, 0.2) is 0 Å². The summed E-state index contributed by atoms with van der Waals surface area (Å²) >= 11 is 0. The van der Waals surface area contributed by atoms with E-state index in [9.17, 15) is 15.0 Å². The molecule has 1 aromatic carbocycles. The lowest BCUT2D eigenvalue weighted by Crippen LogP contribution is -2.44. The number of hydrogen-bond donors (Lipinski definition) is 3. The average Bonchev–Trinajstić information content (AvgIpc) is 2.63. The molecule has 1 fully saturated rings. The number of rotatable bonds is 4. The van der Waals surface area contributed by atoms with Gasteiger partial charge < -0.3 is 20.4 Å². The molecule has 0 atom stereocenters. The third-order valence-electron chi connectivity index (χ3n) is 4.65. The lowest BCUT2D eigenvalue weighted by atomic mass is 9.89. The van der Waals surface area contributed by atoms with Crippen molar-refractivity contribution in [2.75, 3.05) is 19.6 Å². The van der Waals surface area contributed by atoms with Crippen molar-refractivity contribution in [1.29, 1.82) is 0 Å². The number of nitrogens with one attached hydrogen (secondary N) is 1. The number of carbonyl (C=O) groups excluding carboxylic acids is 1. The highest BCUT2D eigenvalue weighted by Crippen LogP contribution is 2.35. The fraction of sp³-hybridized carbons (Fsp3) is 0.368. The van der Waals surface area contributed by atoms with Crippen LogP contribution in [0.15, 0.2) is 42.7 Å². The monoisotopic (exact) mass is 341 g/mol. The Morgan fingerprint density at radius 2 is 2.04 bits per heavy atom. The van der Waals surface area contributed by atoms with Gasteiger partial charge in [-0.2, -0.15) is 0 Å². The summed E-state index contributed by atoms with van der Waals surface area (Å²) in [5.74, 6) is 0.395. The van der Waals surface area contributed by atoms with Crippen LogP contribution in [0, 0.1) is 0 Å². The molecule has 0 unspecified atom stereocenters. The Morgan fingerprint density at radius 3 is 2.72 bits per heavy atom. The molecule has 3 N–H and O–H groups in total. The Bertz CT molecular complexity index is 713. The molecule has 6 nitrogen and oxygen atoms in total. The van der Waals surface area contributed by atoms with Gasteiger partial charge in [0.05, 0.1) is 0 Å². The van der Waals surface area contributed by atoms with Crippen molar-refractivity contribution in [3.05, 3.63) is 53.9 Å². The fourth-order valence-corrected chi connectivity index (χ4v) is 3.24. The maximum absolute atomic E-state index is 12.3. The van der Waals surface area contributed by atoms with E-state index in [4.69, 9.17) is 0 Å². The summed E-state index contributed by atoms with van der Waals surface area (Å²) < 4.78 is 0. The number of phenols is 2. The van der Waals surface area contributed by atoms with Crippen LogP contribution in [0.2, 0.25) is 0 Å². The summed E-state index contributed by atoms with van der Waals surface area (Å²) in [5, 5.41) is 22.3. The maximum Gasteiger partial charge on any atom is 0.317 e. The number of aromatic nitrogens is 1. The smallest absolute Gasteiger partial charge is 0.317 e. The van der Waals surface area contributed by atoms with E-state index in [1.165, 1.54) is 6.07 Å². The topological polar surface area (TPSA) is 85.7 Å². The van der Waals surface area contributed by atoms with Crippen molar-refractivity contribution in [3.8, 4) is 11.5 Å². The fourth-order valence-electron chi connectivity index (χ4n) is 3.24. The van der Waals surface area contributed by atoms with Crippen molar-refractivity contribution >= 4 is 6.03 Å². The van der Waals surface area contributed by atoms with E-state index in [0.29, 0.717) is 19.6 Å². The molecule has 2 amide bonds. The highest BCUT2D eigenvalue weighted by molar-refractivity contribution is 5.74. The zero-order valence-corrected chi connectivity index (χ0v) is 14.1. The molecule has 1 aromatic heterocycles. The summed E-state index contributed by atoms with van der Waals surface area (Å²) in [6.45, 7) is 1.90. The number of phenolic OH excluding ortho intramolecular Hbond substituents is 2. The normalized spacial score (nSPS) is 15.1. The predicted molar refractivity (Wildman–Crippen MR) is 94.7 cm³/mol. The lowest BCUT2D eigenvalue weighted by molar-refractivity contribution is 0.181. The zero-order chi connectivity index (χ0) is 17.6. The number of likely N-dealkylation sites (tertiary alicyclic amines) is 1. The van der Waals surface area contributed by atoms with Gasteiger partial charge >= 0.3 is 6.03 Å². The molecule has 0 bridgehead atoms. The Labute approximate surface area is 147 Å². The third kappa shape index (κ3) is 4.41. The van der Waals surface area contributed by atoms with Crippen LogP contribution in [-0.4, -0.2) is 45.8 Å².